The van der Waals surface area contributed by atoms with Crippen molar-refractivity contribution in [1.82, 2.24) is 0 Å². The van der Waals surface area contributed by atoms with E-state index >= 15 is 0 Å². The van der Waals surface area contributed by atoms with E-state index in [2.05, 4.69) is 42.7 Å². The lowest BCUT2D eigenvalue weighted by Gasteiger charge is -2.10. The van der Waals surface area contributed by atoms with Crippen molar-refractivity contribution in [3.05, 3.63) is 58.6 Å². The number of rotatable bonds is 5. The first-order valence-corrected chi connectivity index (χ1v) is 7.29. The minimum Gasteiger partial charge on any atom is -0.385 e. The Morgan fingerprint density at radius 1 is 1.10 bits per heavy atom. The fourth-order valence-electron chi connectivity index (χ4n) is 2.17. The Balaban J connectivity index is 1.83. The third-order valence-corrected chi connectivity index (χ3v) is 3.38. The van der Waals surface area contributed by atoms with E-state index in [9.17, 15) is 4.79 Å². The van der Waals surface area contributed by atoms with Crippen molar-refractivity contribution < 1.29 is 4.79 Å². The minimum absolute atomic E-state index is 0.0556. The lowest BCUT2D eigenvalue weighted by atomic mass is 10.1. The average molecular weight is 303 g/mol. The number of carbonyl (C=O) groups is 1. The molecule has 2 rings (SSSR count). The zero-order valence-electron chi connectivity index (χ0n) is 12.2. The van der Waals surface area contributed by atoms with Crippen LogP contribution in [0.3, 0.4) is 0 Å². The molecule has 21 heavy (non-hydrogen) atoms. The van der Waals surface area contributed by atoms with Gasteiger partial charge >= 0.3 is 0 Å². The highest BCUT2D eigenvalue weighted by Crippen LogP contribution is 2.20. The van der Waals surface area contributed by atoms with Gasteiger partial charge in [0.2, 0.25) is 5.91 Å². The number of carbonyl (C=O) groups excluding carboxylic acids is 1. The molecule has 0 aliphatic carbocycles. The summed E-state index contributed by atoms with van der Waals surface area (Å²) in [6.07, 6.45) is 0.387. The van der Waals surface area contributed by atoms with Crippen LogP contribution in [0, 0.1) is 13.8 Å². The van der Waals surface area contributed by atoms with Gasteiger partial charge in [0.1, 0.15) is 0 Å². The lowest BCUT2D eigenvalue weighted by molar-refractivity contribution is -0.115. The van der Waals surface area contributed by atoms with Crippen LogP contribution in [0.25, 0.3) is 0 Å². The number of para-hydroxylation sites is 1. The molecule has 2 N–H and O–H groups in total. The van der Waals surface area contributed by atoms with E-state index in [4.69, 9.17) is 11.6 Å². The maximum absolute atomic E-state index is 11.9. The van der Waals surface area contributed by atoms with Crippen molar-refractivity contribution in [2.24, 2.45) is 0 Å². The first-order valence-electron chi connectivity index (χ1n) is 6.91. The van der Waals surface area contributed by atoms with Crippen LogP contribution in [0.4, 0.5) is 11.4 Å². The summed E-state index contributed by atoms with van der Waals surface area (Å²) in [5, 5.41) is 6.62. The highest BCUT2D eigenvalue weighted by atomic mass is 35.5. The Morgan fingerprint density at radius 3 is 2.43 bits per heavy atom. The molecule has 0 aliphatic heterocycles. The smallest absolute Gasteiger partial charge is 0.226 e. The van der Waals surface area contributed by atoms with E-state index in [1.807, 2.05) is 12.1 Å². The van der Waals surface area contributed by atoms with E-state index in [0.29, 0.717) is 23.7 Å². The molecule has 0 aliphatic rings. The van der Waals surface area contributed by atoms with Gasteiger partial charge in [-0.05, 0) is 49.2 Å². The molecule has 0 radical (unpaired) electrons. The third-order valence-electron chi connectivity index (χ3n) is 3.05. The van der Waals surface area contributed by atoms with Crippen LogP contribution in [0.5, 0.6) is 0 Å². The Labute approximate surface area is 130 Å². The number of hydrogen-bond acceptors (Lipinski definition) is 2. The normalized spacial score (nSPS) is 10.2. The number of hydrogen-bond donors (Lipinski definition) is 2. The highest BCUT2D eigenvalue weighted by molar-refractivity contribution is 6.33. The van der Waals surface area contributed by atoms with Crippen LogP contribution >= 0.6 is 11.6 Å². The number of aryl methyl sites for hydroxylation is 2. The van der Waals surface area contributed by atoms with E-state index < -0.39 is 0 Å². The van der Waals surface area contributed by atoms with Gasteiger partial charge in [-0.1, -0.05) is 29.8 Å². The van der Waals surface area contributed by atoms with Gasteiger partial charge in [-0.15, -0.1) is 0 Å². The molecule has 1 amide bonds. The molecule has 3 nitrogen and oxygen atoms in total. The number of amides is 1. The van der Waals surface area contributed by atoms with Crippen molar-refractivity contribution in [2.45, 2.75) is 20.3 Å². The Kier molecular flexibility index (Phi) is 5.23. The molecule has 0 fully saturated rings. The second kappa shape index (κ2) is 7.14. The van der Waals surface area contributed by atoms with Crippen LogP contribution in [0.2, 0.25) is 5.02 Å². The second-order valence-corrected chi connectivity index (χ2v) is 5.49. The molecule has 2 aromatic rings. The SMILES string of the molecule is Cc1cc(C)cc(NCCC(=O)Nc2ccccc2Cl)c1. The molecule has 110 valence electrons. The molecule has 0 bridgehead atoms. The molecule has 0 aromatic heterocycles. The number of halogens is 1. The van der Waals surface area contributed by atoms with Crippen LogP contribution in [-0.4, -0.2) is 12.5 Å². The molecule has 0 saturated carbocycles. The summed E-state index contributed by atoms with van der Waals surface area (Å²) >= 11 is 6.00. The molecule has 0 spiro atoms. The van der Waals surface area contributed by atoms with Crippen LogP contribution in [0.1, 0.15) is 17.5 Å². The fourth-order valence-corrected chi connectivity index (χ4v) is 2.36. The Bertz CT molecular complexity index is 620. The number of benzene rings is 2. The molecule has 0 heterocycles. The fraction of sp³-hybridized carbons (Fsp3) is 0.235. The van der Waals surface area contributed by atoms with Crippen molar-refractivity contribution >= 4 is 28.9 Å². The van der Waals surface area contributed by atoms with Gasteiger partial charge in [0, 0.05) is 18.7 Å². The van der Waals surface area contributed by atoms with Gasteiger partial charge in [0.15, 0.2) is 0 Å². The van der Waals surface area contributed by atoms with Gasteiger partial charge in [-0.2, -0.15) is 0 Å². The Hall–Kier alpha value is -2.00. The van der Waals surface area contributed by atoms with E-state index in [1.165, 1.54) is 11.1 Å². The van der Waals surface area contributed by atoms with Crippen LogP contribution < -0.4 is 10.6 Å². The monoisotopic (exact) mass is 302 g/mol. The first-order chi connectivity index (χ1) is 10.0. The van der Waals surface area contributed by atoms with Gasteiger partial charge < -0.3 is 10.6 Å². The quantitative estimate of drug-likeness (QED) is 0.859. The number of anilines is 2. The molecular weight excluding hydrogens is 284 g/mol. The third kappa shape index (κ3) is 4.80. The maximum Gasteiger partial charge on any atom is 0.226 e. The predicted octanol–water partition coefficient (Wildman–Crippen LogP) is 4.40. The zero-order chi connectivity index (χ0) is 15.2. The standard InChI is InChI=1S/C17H19ClN2O/c1-12-9-13(2)11-14(10-12)19-8-7-17(21)20-16-6-4-3-5-15(16)18/h3-6,9-11,19H,7-8H2,1-2H3,(H,20,21). The van der Waals surface area contributed by atoms with Crippen molar-refractivity contribution in [1.29, 1.82) is 0 Å². The maximum atomic E-state index is 11.9. The molecule has 0 unspecified atom stereocenters. The average Bonchev–Trinajstić information content (AvgIpc) is 2.40. The zero-order valence-corrected chi connectivity index (χ0v) is 13.0. The van der Waals surface area contributed by atoms with Gasteiger partial charge in [0.25, 0.3) is 0 Å². The molecule has 2 aromatic carbocycles. The Morgan fingerprint density at radius 2 is 1.76 bits per heavy atom. The van der Waals surface area contributed by atoms with Crippen LogP contribution in [0.15, 0.2) is 42.5 Å². The summed E-state index contributed by atoms with van der Waals surface area (Å²) < 4.78 is 0. The summed E-state index contributed by atoms with van der Waals surface area (Å²) in [6.45, 7) is 4.70. The van der Waals surface area contributed by atoms with Gasteiger partial charge in [-0.25, -0.2) is 0 Å². The second-order valence-electron chi connectivity index (χ2n) is 5.08. The van der Waals surface area contributed by atoms with E-state index in [-0.39, 0.29) is 5.91 Å². The summed E-state index contributed by atoms with van der Waals surface area (Å²) in [4.78, 5) is 11.9. The summed E-state index contributed by atoms with van der Waals surface area (Å²) in [6, 6.07) is 13.5. The van der Waals surface area contributed by atoms with E-state index in [0.717, 1.165) is 5.69 Å². The summed E-state index contributed by atoms with van der Waals surface area (Å²) in [5.74, 6) is -0.0556. The predicted molar refractivity (Wildman–Crippen MR) is 89.1 cm³/mol. The molecular formula is C17H19ClN2O. The molecule has 0 atom stereocenters. The molecule has 4 heteroatoms. The van der Waals surface area contributed by atoms with Crippen LogP contribution in [-0.2, 0) is 4.79 Å². The van der Waals surface area contributed by atoms with Crippen molar-refractivity contribution in [3.63, 3.8) is 0 Å². The lowest BCUT2D eigenvalue weighted by Crippen LogP contribution is -2.16. The topological polar surface area (TPSA) is 41.1 Å². The molecule has 0 saturated heterocycles. The number of nitrogens with one attached hydrogen (secondary N) is 2. The van der Waals surface area contributed by atoms with Crippen molar-refractivity contribution in [2.75, 3.05) is 17.2 Å². The largest absolute Gasteiger partial charge is 0.385 e. The summed E-state index contributed by atoms with van der Waals surface area (Å²) in [7, 11) is 0. The van der Waals surface area contributed by atoms with Crippen molar-refractivity contribution in [3.8, 4) is 0 Å². The summed E-state index contributed by atoms with van der Waals surface area (Å²) in [5.41, 5.74) is 4.10. The van der Waals surface area contributed by atoms with Gasteiger partial charge in [0.05, 0.1) is 10.7 Å². The van der Waals surface area contributed by atoms with Gasteiger partial charge in [-0.3, -0.25) is 4.79 Å². The first kappa shape index (κ1) is 15.4. The van der Waals surface area contributed by atoms with E-state index in [1.54, 1.807) is 12.1 Å². The highest BCUT2D eigenvalue weighted by Gasteiger charge is 2.05. The minimum atomic E-state index is -0.0556.